The number of hydrogen-bond donors (Lipinski definition) is 4. The molecule has 38 heavy (non-hydrogen) atoms. The van der Waals surface area contributed by atoms with Crippen molar-refractivity contribution >= 4 is 64.5 Å². The summed E-state index contributed by atoms with van der Waals surface area (Å²) in [4.78, 5) is 56.0. The van der Waals surface area contributed by atoms with E-state index in [2.05, 4.69) is 15.6 Å². The summed E-state index contributed by atoms with van der Waals surface area (Å²) in [6, 6.07) is 10.1. The second kappa shape index (κ2) is 10.8. The van der Waals surface area contributed by atoms with Crippen molar-refractivity contribution in [3.8, 4) is 0 Å². The van der Waals surface area contributed by atoms with Crippen LogP contribution in [0, 0.1) is 0 Å². The van der Waals surface area contributed by atoms with Crippen LogP contribution in [0.25, 0.3) is 0 Å². The van der Waals surface area contributed by atoms with Crippen molar-refractivity contribution in [2.45, 2.75) is 42.1 Å². The summed E-state index contributed by atoms with van der Waals surface area (Å²) in [6.45, 7) is 3.12. The quantitative estimate of drug-likeness (QED) is 0.213. The molecule has 1 unspecified atom stereocenters. The minimum absolute atomic E-state index is 0.0410. The third kappa shape index (κ3) is 5.59. The monoisotopic (exact) mass is 577 g/mol. The fourth-order valence-electron chi connectivity index (χ4n) is 4.48. The number of nitrogens with two attached hydrogens (primary N) is 1. The second-order valence-electron chi connectivity index (χ2n) is 9.36. The molecule has 2 aliphatic rings. The molecule has 0 aromatic heterocycles. The lowest BCUT2D eigenvalue weighted by molar-refractivity contribution is -0.161. The van der Waals surface area contributed by atoms with Crippen molar-refractivity contribution in [3.05, 3.63) is 69.7 Å². The van der Waals surface area contributed by atoms with Gasteiger partial charge in [-0.25, -0.2) is 4.79 Å². The van der Waals surface area contributed by atoms with Crippen LogP contribution in [0.5, 0.6) is 0 Å². The molecule has 2 saturated heterocycles. The molecular weight excluding hydrogens is 553 g/mol. The number of benzene rings is 2. The maximum atomic E-state index is 13.3. The van der Waals surface area contributed by atoms with Gasteiger partial charge in [-0.2, -0.15) is 0 Å². The Hall–Kier alpha value is -3.28. The van der Waals surface area contributed by atoms with Crippen molar-refractivity contribution in [2.24, 2.45) is 10.7 Å². The van der Waals surface area contributed by atoms with Crippen molar-refractivity contribution < 1.29 is 24.3 Å². The van der Waals surface area contributed by atoms with Gasteiger partial charge in [-0.1, -0.05) is 53.5 Å². The molecule has 10 nitrogen and oxygen atoms in total. The van der Waals surface area contributed by atoms with E-state index in [1.807, 2.05) is 0 Å². The average molecular weight is 578 g/mol. The Bertz CT molecular complexity index is 1300. The number of carbonyl (C=O) groups is 4. The van der Waals surface area contributed by atoms with Crippen LogP contribution in [0.3, 0.4) is 0 Å². The number of carboxylic acids is 1. The van der Waals surface area contributed by atoms with Crippen molar-refractivity contribution in [1.82, 2.24) is 15.5 Å². The molecule has 0 aliphatic carbocycles. The van der Waals surface area contributed by atoms with Crippen LogP contribution in [0.4, 0.5) is 0 Å². The fourth-order valence-corrected chi connectivity index (χ4v) is 6.64. The highest BCUT2D eigenvalue weighted by Crippen LogP contribution is 2.50. The van der Waals surface area contributed by atoms with Gasteiger partial charge in [0.25, 0.3) is 0 Å². The molecule has 3 amide bonds. The Morgan fingerprint density at radius 1 is 1.16 bits per heavy atom. The zero-order chi connectivity index (χ0) is 27.8. The number of nitrogens with one attached hydrogen (secondary N) is 2. The van der Waals surface area contributed by atoms with E-state index in [4.69, 9.17) is 28.9 Å². The number of fused-ring (bicyclic) bond motifs is 1. The lowest BCUT2D eigenvalue weighted by Gasteiger charge is -2.44. The van der Waals surface area contributed by atoms with Crippen LogP contribution in [0.15, 0.2) is 53.5 Å². The zero-order valence-electron chi connectivity index (χ0n) is 20.4. The number of carbonyl (C=O) groups excluding carboxylic acids is 3. The van der Waals surface area contributed by atoms with Gasteiger partial charge in [-0.15, -0.1) is 11.8 Å². The van der Waals surface area contributed by atoms with Gasteiger partial charge in [0.1, 0.15) is 35.9 Å². The van der Waals surface area contributed by atoms with Crippen molar-refractivity contribution in [2.75, 3.05) is 6.54 Å². The highest BCUT2D eigenvalue weighted by molar-refractivity contribution is 8.01. The smallest absolute Gasteiger partial charge is 0.327 e. The largest absolute Gasteiger partial charge is 0.480 e. The molecule has 2 fully saturated rings. The second-order valence-corrected chi connectivity index (χ2v) is 12.0. The van der Waals surface area contributed by atoms with Gasteiger partial charge in [0.15, 0.2) is 0 Å². The van der Waals surface area contributed by atoms with Crippen LogP contribution in [0.2, 0.25) is 10.0 Å². The predicted octanol–water partition coefficient (Wildman–Crippen LogP) is 2.19. The molecule has 4 atom stereocenters. The lowest BCUT2D eigenvalue weighted by Crippen LogP contribution is -2.71. The number of aliphatic carboxylic acids is 1. The topological polar surface area (TPSA) is 154 Å². The van der Waals surface area contributed by atoms with E-state index in [0.717, 1.165) is 0 Å². The highest BCUT2D eigenvalue weighted by Gasteiger charge is 2.64. The zero-order valence-corrected chi connectivity index (χ0v) is 22.7. The predicted molar refractivity (Wildman–Crippen MR) is 145 cm³/mol. The van der Waals surface area contributed by atoms with Gasteiger partial charge in [0, 0.05) is 20.4 Å². The van der Waals surface area contributed by atoms with E-state index >= 15 is 0 Å². The number of amides is 3. The Kier molecular flexibility index (Phi) is 7.91. The summed E-state index contributed by atoms with van der Waals surface area (Å²) in [5.74, 6) is -2.74. The maximum absolute atomic E-state index is 13.3. The van der Waals surface area contributed by atoms with Crippen LogP contribution >= 0.6 is 35.0 Å². The molecule has 0 bridgehead atoms. The molecule has 2 aliphatic heterocycles. The van der Waals surface area contributed by atoms with Gasteiger partial charge >= 0.3 is 5.97 Å². The van der Waals surface area contributed by atoms with Gasteiger partial charge < -0.3 is 26.4 Å². The van der Waals surface area contributed by atoms with Crippen LogP contribution in [-0.4, -0.2) is 68.3 Å². The number of rotatable bonds is 8. The van der Waals surface area contributed by atoms with E-state index < -0.39 is 51.9 Å². The number of amidine groups is 1. The van der Waals surface area contributed by atoms with Crippen LogP contribution in [-0.2, 0) is 19.2 Å². The minimum atomic E-state index is -1.13. The first-order chi connectivity index (χ1) is 17.9. The summed E-state index contributed by atoms with van der Waals surface area (Å²) in [6.07, 6.45) is 0. The number of halogens is 2. The molecule has 0 spiro atoms. The number of nitrogens with zero attached hydrogens (tertiary/aromatic N) is 2. The van der Waals surface area contributed by atoms with Crippen molar-refractivity contribution in [1.29, 1.82) is 0 Å². The third-order valence-electron chi connectivity index (χ3n) is 6.22. The number of thioether (sulfide) groups is 1. The molecule has 2 aromatic carbocycles. The Balaban J connectivity index is 1.47. The molecule has 4 rings (SSSR count). The standard InChI is InChI=1S/C25H25Cl2N5O5S/c1-25(2)19(24(36)37)32-22(35)18(23(32)38-25)31-21(34)17(12-6-4-3-5-7-12)30-16(33)11-29-20(28)13-8-14(26)10-15(27)9-13/h3-10,17-19,23H,11H2,1-2H3,(H2,28,29)(H,30,33)(H,31,34)(H,36,37)/t17?,18-,19+,23-/m1/s1. The first kappa shape index (κ1) is 27.7. The number of hydrogen-bond acceptors (Lipinski definition) is 6. The number of aliphatic imine (C=N–C) groups is 1. The third-order valence-corrected chi connectivity index (χ3v) is 8.23. The van der Waals surface area contributed by atoms with Gasteiger partial charge in [0.05, 0.1) is 0 Å². The van der Waals surface area contributed by atoms with Gasteiger partial charge in [-0.3, -0.25) is 19.4 Å². The molecule has 0 saturated carbocycles. The summed E-state index contributed by atoms with van der Waals surface area (Å²) in [5, 5.41) is 15.1. The summed E-state index contributed by atoms with van der Waals surface area (Å²) >= 11 is 13.3. The minimum Gasteiger partial charge on any atom is -0.480 e. The van der Waals surface area contributed by atoms with E-state index in [1.54, 1.807) is 56.3 Å². The van der Waals surface area contributed by atoms with Crippen LogP contribution < -0.4 is 16.4 Å². The Labute approximate surface area is 232 Å². The molecule has 2 heterocycles. The molecular formula is C25H25Cl2N5O5S. The summed E-state index contributed by atoms with van der Waals surface area (Å²) in [5.41, 5.74) is 6.91. The lowest BCUT2D eigenvalue weighted by atomic mass is 9.95. The van der Waals surface area contributed by atoms with Gasteiger partial charge in [0.2, 0.25) is 17.7 Å². The van der Waals surface area contributed by atoms with E-state index in [0.29, 0.717) is 21.2 Å². The summed E-state index contributed by atoms with van der Waals surface area (Å²) < 4.78 is -0.732. The number of carboxylic acid groups (broad SMARTS) is 1. The Morgan fingerprint density at radius 3 is 2.39 bits per heavy atom. The first-order valence-electron chi connectivity index (χ1n) is 11.5. The van der Waals surface area contributed by atoms with Crippen LogP contribution in [0.1, 0.15) is 31.0 Å². The maximum Gasteiger partial charge on any atom is 0.327 e. The molecule has 200 valence electrons. The van der Waals surface area contributed by atoms with E-state index in [1.165, 1.54) is 22.7 Å². The normalized spacial score (nSPS) is 22.7. The highest BCUT2D eigenvalue weighted by atomic mass is 35.5. The number of β-lactam (4-membered cyclic amide) rings is 1. The van der Waals surface area contributed by atoms with Crippen molar-refractivity contribution in [3.63, 3.8) is 0 Å². The Morgan fingerprint density at radius 2 is 1.79 bits per heavy atom. The fraction of sp³-hybridized carbons (Fsp3) is 0.320. The van der Waals surface area contributed by atoms with E-state index in [9.17, 15) is 24.3 Å². The molecule has 5 N–H and O–H groups in total. The summed E-state index contributed by atoms with van der Waals surface area (Å²) in [7, 11) is 0. The van der Waals surface area contributed by atoms with Gasteiger partial charge in [-0.05, 0) is 37.6 Å². The van der Waals surface area contributed by atoms with E-state index in [-0.39, 0.29) is 12.4 Å². The average Bonchev–Trinajstić information content (AvgIpc) is 3.12. The molecule has 2 aromatic rings. The molecule has 0 radical (unpaired) electrons. The first-order valence-corrected chi connectivity index (χ1v) is 13.2. The molecule has 13 heteroatoms. The SMILES string of the molecule is CC1(C)S[C@@H]2[C@H](NC(=O)C(NC(=O)CN=C(N)c3cc(Cl)cc(Cl)c3)c3ccccc3)C(=O)N2[C@H]1C(=O)O.